The van der Waals surface area contributed by atoms with Crippen molar-refractivity contribution in [1.29, 1.82) is 0 Å². The van der Waals surface area contributed by atoms with Crippen molar-refractivity contribution in [3.05, 3.63) is 62.3 Å². The van der Waals surface area contributed by atoms with Gasteiger partial charge in [0.25, 0.3) is 5.91 Å². The van der Waals surface area contributed by atoms with Crippen molar-refractivity contribution in [2.75, 3.05) is 6.54 Å². The highest BCUT2D eigenvalue weighted by Crippen LogP contribution is 2.40. The molecule has 3 rings (SSSR count). The van der Waals surface area contributed by atoms with Crippen molar-refractivity contribution in [1.82, 2.24) is 9.88 Å². The number of nitrogens with zero attached hydrogens (tertiary/aromatic N) is 2. The van der Waals surface area contributed by atoms with E-state index in [9.17, 15) is 14.7 Å². The Labute approximate surface area is 163 Å². The number of hydrogen-bond acceptors (Lipinski definition) is 5. The zero-order valence-corrected chi connectivity index (χ0v) is 16.9. The summed E-state index contributed by atoms with van der Waals surface area (Å²) < 4.78 is 0. The van der Waals surface area contributed by atoms with Crippen LogP contribution in [0.5, 0.6) is 0 Å². The zero-order valence-electron chi connectivity index (χ0n) is 16.1. The number of rotatable bonds is 6. The van der Waals surface area contributed by atoms with E-state index in [-0.39, 0.29) is 11.4 Å². The smallest absolute Gasteiger partial charge is 0.290 e. The number of carbonyl (C=O) groups excluding carboxylic acids is 2. The normalized spacial score (nSPS) is 17.1. The Balaban J connectivity index is 2.10. The van der Waals surface area contributed by atoms with Crippen molar-refractivity contribution in [2.24, 2.45) is 0 Å². The fourth-order valence-electron chi connectivity index (χ4n) is 3.50. The first-order valence-corrected chi connectivity index (χ1v) is 10.0. The van der Waals surface area contributed by atoms with E-state index in [1.807, 2.05) is 38.1 Å². The molecule has 1 amide bonds. The molecule has 142 valence electrons. The first-order chi connectivity index (χ1) is 12.9. The number of benzene rings is 1. The molecule has 6 heteroatoms. The van der Waals surface area contributed by atoms with Crippen LogP contribution in [0.3, 0.4) is 0 Å². The van der Waals surface area contributed by atoms with Crippen LogP contribution in [0, 0.1) is 13.8 Å². The van der Waals surface area contributed by atoms with Gasteiger partial charge in [0.05, 0.1) is 27.2 Å². The molecule has 5 nitrogen and oxygen atoms in total. The maximum absolute atomic E-state index is 13.3. The van der Waals surface area contributed by atoms with Gasteiger partial charge in [-0.05, 0) is 37.8 Å². The second-order valence-electron chi connectivity index (χ2n) is 6.74. The number of Topliss-reactive ketones (excluding diaryl/α,β-unsaturated/α-hetero) is 1. The predicted molar refractivity (Wildman–Crippen MR) is 106 cm³/mol. The summed E-state index contributed by atoms with van der Waals surface area (Å²) in [6, 6.07) is 7.32. The molecule has 1 unspecified atom stereocenters. The molecule has 0 saturated carbocycles. The molecule has 0 fully saturated rings. The molecule has 0 spiro atoms. The summed E-state index contributed by atoms with van der Waals surface area (Å²) in [5, 5.41) is 11.4. The Bertz CT molecular complexity index is 912. The summed E-state index contributed by atoms with van der Waals surface area (Å²) in [5.74, 6) is -1.24. The van der Waals surface area contributed by atoms with Crippen LogP contribution in [0.2, 0.25) is 0 Å². The molecular weight excluding hydrogens is 360 g/mol. The lowest BCUT2D eigenvalue weighted by atomic mass is 9.94. The van der Waals surface area contributed by atoms with E-state index in [2.05, 4.69) is 11.9 Å². The summed E-state index contributed by atoms with van der Waals surface area (Å²) in [5.41, 5.74) is 2.80. The molecule has 0 radical (unpaired) electrons. The van der Waals surface area contributed by atoms with E-state index in [0.717, 1.165) is 23.4 Å². The van der Waals surface area contributed by atoms with Crippen LogP contribution in [-0.2, 0) is 11.2 Å². The van der Waals surface area contributed by atoms with E-state index >= 15 is 0 Å². The maximum atomic E-state index is 13.3. The van der Waals surface area contributed by atoms with Crippen molar-refractivity contribution < 1.29 is 14.7 Å². The SMILES string of the molecule is CCCN1C(=O)C(O)=C(C(=O)c2sc(C)nc2C)C1c1ccc(CC)cc1. The van der Waals surface area contributed by atoms with Gasteiger partial charge in [-0.25, -0.2) is 4.98 Å². The number of aliphatic hydroxyl groups is 1. The lowest BCUT2D eigenvalue weighted by Crippen LogP contribution is -2.31. The quantitative estimate of drug-likeness (QED) is 0.754. The Morgan fingerprint density at radius 2 is 1.89 bits per heavy atom. The number of carbonyl (C=O) groups is 2. The number of amides is 1. The van der Waals surface area contributed by atoms with Gasteiger partial charge in [0, 0.05) is 6.54 Å². The third-order valence-electron chi connectivity index (χ3n) is 4.83. The van der Waals surface area contributed by atoms with Gasteiger partial charge < -0.3 is 10.0 Å². The monoisotopic (exact) mass is 384 g/mol. The summed E-state index contributed by atoms with van der Waals surface area (Å²) in [6.07, 6.45) is 1.65. The fraction of sp³-hybridized carbons (Fsp3) is 0.381. The predicted octanol–water partition coefficient (Wildman–Crippen LogP) is 4.31. The minimum Gasteiger partial charge on any atom is -0.503 e. The highest BCUT2D eigenvalue weighted by Gasteiger charge is 2.44. The number of aromatic nitrogens is 1. The lowest BCUT2D eigenvalue weighted by molar-refractivity contribution is -0.129. The van der Waals surface area contributed by atoms with Crippen LogP contribution in [0.15, 0.2) is 35.6 Å². The summed E-state index contributed by atoms with van der Waals surface area (Å²) in [7, 11) is 0. The van der Waals surface area contributed by atoms with Crippen molar-refractivity contribution in [2.45, 2.75) is 46.6 Å². The van der Waals surface area contributed by atoms with Gasteiger partial charge in [-0.3, -0.25) is 9.59 Å². The molecule has 0 bridgehead atoms. The van der Waals surface area contributed by atoms with Crippen molar-refractivity contribution in [3.8, 4) is 0 Å². The van der Waals surface area contributed by atoms with Gasteiger partial charge in [0.2, 0.25) is 5.78 Å². The van der Waals surface area contributed by atoms with Crippen LogP contribution >= 0.6 is 11.3 Å². The molecule has 1 N–H and O–H groups in total. The van der Waals surface area contributed by atoms with E-state index in [0.29, 0.717) is 17.1 Å². The molecule has 1 aromatic heterocycles. The Hall–Kier alpha value is -2.47. The average molecular weight is 385 g/mol. The van der Waals surface area contributed by atoms with Crippen LogP contribution in [0.25, 0.3) is 0 Å². The number of thiazole rings is 1. The second-order valence-corrected chi connectivity index (χ2v) is 7.94. The minimum absolute atomic E-state index is 0.157. The highest BCUT2D eigenvalue weighted by molar-refractivity contribution is 7.14. The Morgan fingerprint density at radius 3 is 2.41 bits per heavy atom. The molecule has 27 heavy (non-hydrogen) atoms. The van der Waals surface area contributed by atoms with Crippen LogP contribution in [0.1, 0.15) is 57.8 Å². The van der Waals surface area contributed by atoms with E-state index in [4.69, 9.17) is 0 Å². The van der Waals surface area contributed by atoms with Gasteiger partial charge >= 0.3 is 0 Å². The van der Waals surface area contributed by atoms with Crippen LogP contribution in [-0.4, -0.2) is 33.2 Å². The molecule has 2 aromatic rings. The highest BCUT2D eigenvalue weighted by atomic mass is 32.1. The third kappa shape index (κ3) is 3.41. The largest absolute Gasteiger partial charge is 0.503 e. The minimum atomic E-state index is -0.572. The molecule has 1 aromatic carbocycles. The van der Waals surface area contributed by atoms with E-state index in [1.54, 1.807) is 11.8 Å². The molecule has 0 aliphatic carbocycles. The van der Waals surface area contributed by atoms with Gasteiger partial charge in [0.15, 0.2) is 5.76 Å². The molecule has 1 aliphatic heterocycles. The first-order valence-electron chi connectivity index (χ1n) is 9.20. The molecular formula is C21H24N2O3S. The number of ketones is 1. The number of aryl methyl sites for hydroxylation is 3. The van der Waals surface area contributed by atoms with E-state index in [1.165, 1.54) is 16.9 Å². The molecule has 1 atom stereocenters. The maximum Gasteiger partial charge on any atom is 0.290 e. The van der Waals surface area contributed by atoms with Crippen molar-refractivity contribution >= 4 is 23.0 Å². The number of aliphatic hydroxyl groups excluding tert-OH is 1. The van der Waals surface area contributed by atoms with Gasteiger partial charge in [0.1, 0.15) is 0 Å². The topological polar surface area (TPSA) is 70.5 Å². The first kappa shape index (κ1) is 19.3. The number of hydrogen-bond donors (Lipinski definition) is 1. The average Bonchev–Trinajstić information content (AvgIpc) is 3.12. The molecule has 2 heterocycles. The lowest BCUT2D eigenvalue weighted by Gasteiger charge is -2.26. The third-order valence-corrected chi connectivity index (χ3v) is 5.90. The van der Waals surface area contributed by atoms with Crippen LogP contribution in [0.4, 0.5) is 0 Å². The standard InChI is InChI=1S/C21H24N2O3S/c1-5-11-23-17(15-9-7-14(6-2)8-10-15)16(19(25)21(23)26)18(24)20-12(3)22-13(4)27-20/h7-10,17,25H,5-6,11H2,1-4H3. The van der Waals surface area contributed by atoms with Crippen molar-refractivity contribution in [3.63, 3.8) is 0 Å². The van der Waals surface area contributed by atoms with Gasteiger partial charge in [-0.15, -0.1) is 11.3 Å². The Kier molecular flexibility index (Phi) is 5.46. The zero-order chi connectivity index (χ0) is 19.7. The van der Waals surface area contributed by atoms with E-state index < -0.39 is 17.7 Å². The summed E-state index contributed by atoms with van der Waals surface area (Å²) in [6.45, 7) is 8.14. The molecule has 1 aliphatic rings. The fourth-order valence-corrected chi connectivity index (χ4v) is 4.38. The Morgan fingerprint density at radius 1 is 1.22 bits per heavy atom. The van der Waals surface area contributed by atoms with Gasteiger partial charge in [-0.1, -0.05) is 38.1 Å². The second kappa shape index (κ2) is 7.64. The summed E-state index contributed by atoms with van der Waals surface area (Å²) in [4.78, 5) is 32.3. The molecule has 0 saturated heterocycles. The van der Waals surface area contributed by atoms with Gasteiger partial charge in [-0.2, -0.15) is 0 Å². The van der Waals surface area contributed by atoms with Crippen LogP contribution < -0.4 is 0 Å². The summed E-state index contributed by atoms with van der Waals surface area (Å²) >= 11 is 1.29.